The highest BCUT2D eigenvalue weighted by Gasteiger charge is 2.19. The Morgan fingerprint density at radius 1 is 0.293 bits per heavy atom. The van der Waals surface area contributed by atoms with E-state index in [9.17, 15) is 0 Å². The van der Waals surface area contributed by atoms with Crippen molar-refractivity contribution in [1.29, 1.82) is 0 Å². The van der Waals surface area contributed by atoms with Crippen LogP contribution in [0.1, 0.15) is 77.9 Å². The van der Waals surface area contributed by atoms with Gasteiger partial charge in [-0.1, -0.05) is 148 Å². The van der Waals surface area contributed by atoms with Gasteiger partial charge in [0.2, 0.25) is 0 Å². The predicted octanol–water partition coefficient (Wildman–Crippen LogP) is 14.9. The maximum absolute atomic E-state index is 2.39. The molecule has 2 heteroatoms. The number of rotatable bonds is 8. The molecule has 7 rings (SSSR count). The van der Waals surface area contributed by atoms with E-state index >= 15 is 0 Å². The maximum Gasteiger partial charge on any atom is 0.0175 e. The summed E-state index contributed by atoms with van der Waals surface area (Å²) >= 11 is 0. The van der Waals surface area contributed by atoms with E-state index in [0.29, 0.717) is 0 Å². The SMILES string of the molecule is Cc1cc(C)c(-c2cccc(-c3c(C)cc(C)cc3C)c2P=Cc2ccc(C=Pc3c(-c4c(C)cc(C)cc4C)cccc3-c3c(C)cc(C)cc3C)cc2)c(C)c1. The van der Waals surface area contributed by atoms with Gasteiger partial charge in [-0.05, 0) is 195 Å². The zero-order chi connectivity index (χ0) is 41.4. The Morgan fingerprint density at radius 3 is 0.707 bits per heavy atom. The van der Waals surface area contributed by atoms with Gasteiger partial charge in [-0.2, -0.15) is 0 Å². The molecule has 0 radical (unpaired) electrons. The summed E-state index contributed by atoms with van der Waals surface area (Å²) in [6.45, 7) is 26.9. The van der Waals surface area contributed by atoms with E-state index < -0.39 is 0 Å². The highest BCUT2D eigenvalue weighted by Crippen LogP contribution is 2.37. The molecule has 7 aromatic rings. The predicted molar refractivity (Wildman–Crippen MR) is 261 cm³/mol. The van der Waals surface area contributed by atoms with Gasteiger partial charge >= 0.3 is 0 Å². The summed E-state index contributed by atoms with van der Waals surface area (Å²) in [5, 5.41) is 2.71. The van der Waals surface area contributed by atoms with Crippen LogP contribution in [-0.2, 0) is 0 Å². The zero-order valence-corrected chi connectivity index (χ0v) is 38.2. The van der Waals surface area contributed by atoms with Crippen LogP contribution in [0.25, 0.3) is 44.5 Å². The minimum absolute atomic E-state index is 1.18. The molecule has 0 spiro atoms. The third kappa shape index (κ3) is 8.38. The number of hydrogen-bond donors (Lipinski definition) is 0. The average Bonchev–Trinajstić information content (AvgIpc) is 3.13. The molecule has 0 saturated heterocycles. The molecule has 0 nitrogen and oxygen atoms in total. The van der Waals surface area contributed by atoms with Gasteiger partial charge in [0, 0.05) is 10.6 Å². The normalized spacial score (nSPS) is 11.7. The van der Waals surface area contributed by atoms with Crippen LogP contribution in [0.4, 0.5) is 0 Å². The summed E-state index contributed by atoms with van der Waals surface area (Å²) in [5.41, 5.74) is 29.0. The highest BCUT2D eigenvalue weighted by molar-refractivity contribution is 7.49. The molecule has 0 fully saturated rings. The Kier molecular flexibility index (Phi) is 12.0. The minimum Gasteiger partial charge on any atom is -0.0665 e. The molecule has 290 valence electrons. The van der Waals surface area contributed by atoms with Gasteiger partial charge in [0.25, 0.3) is 0 Å². The van der Waals surface area contributed by atoms with Crippen molar-refractivity contribution in [2.24, 2.45) is 0 Å². The summed E-state index contributed by atoms with van der Waals surface area (Å²) < 4.78 is 0. The van der Waals surface area contributed by atoms with Crippen molar-refractivity contribution in [3.63, 3.8) is 0 Å². The number of aryl methyl sites for hydroxylation is 12. The quantitative estimate of drug-likeness (QED) is 0.135. The molecule has 0 N–H and O–H groups in total. The summed E-state index contributed by atoms with van der Waals surface area (Å²) in [4.78, 5) is 0. The van der Waals surface area contributed by atoms with Crippen molar-refractivity contribution < 1.29 is 0 Å². The maximum atomic E-state index is 2.39. The van der Waals surface area contributed by atoms with Crippen LogP contribution in [0.5, 0.6) is 0 Å². The standard InChI is InChI=1S/C56H56P2/c1-33-23-37(5)51(38(6)24-33)47-15-13-16-48(52-39(7)25-34(2)26-40(52)8)55(47)57-31-45-19-21-46(22-20-45)32-58-56-49(53-41(9)27-35(3)28-42(53)10)17-14-18-50(56)54-43(11)29-36(4)30-44(54)12/h13-32H,1-12H3. The largest absolute Gasteiger partial charge is 0.0665 e. The molecule has 0 heterocycles. The van der Waals surface area contributed by atoms with Crippen molar-refractivity contribution in [2.45, 2.75) is 83.1 Å². The van der Waals surface area contributed by atoms with E-state index in [0.717, 1.165) is 0 Å². The van der Waals surface area contributed by atoms with Crippen LogP contribution in [0, 0.1) is 83.1 Å². The first-order chi connectivity index (χ1) is 27.7. The summed E-state index contributed by atoms with van der Waals surface area (Å²) in [7, 11) is 2.35. The number of hydrogen-bond acceptors (Lipinski definition) is 0. The lowest BCUT2D eigenvalue weighted by Crippen LogP contribution is -2.08. The summed E-state index contributed by atoms with van der Waals surface area (Å²) in [6, 6.07) is 41.5. The second kappa shape index (κ2) is 17.0. The molecule has 0 aliphatic rings. The number of benzene rings is 7. The van der Waals surface area contributed by atoms with Crippen molar-refractivity contribution in [3.05, 3.63) is 187 Å². The van der Waals surface area contributed by atoms with E-state index in [1.165, 1.54) is 149 Å². The van der Waals surface area contributed by atoms with Crippen LogP contribution in [-0.4, -0.2) is 11.6 Å². The first-order valence-electron chi connectivity index (χ1n) is 20.5. The minimum atomic E-state index is 1.18. The molecule has 0 aliphatic heterocycles. The summed E-state index contributed by atoms with van der Waals surface area (Å²) in [5.74, 6) is 4.78. The van der Waals surface area contributed by atoms with E-state index in [1.807, 2.05) is 0 Å². The Bertz CT molecular complexity index is 2340. The lowest BCUT2D eigenvalue weighted by atomic mass is 9.89. The van der Waals surface area contributed by atoms with Crippen LogP contribution < -0.4 is 10.6 Å². The fraction of sp³-hybridized carbons (Fsp3) is 0.214. The Morgan fingerprint density at radius 2 is 0.500 bits per heavy atom. The lowest BCUT2D eigenvalue weighted by molar-refractivity contribution is 1.31. The molecule has 0 aromatic heterocycles. The van der Waals surface area contributed by atoms with Crippen LogP contribution >= 0.6 is 16.4 Å². The average molecular weight is 791 g/mol. The molecular weight excluding hydrogens is 735 g/mol. The van der Waals surface area contributed by atoms with E-state index in [2.05, 4.69) is 204 Å². The highest BCUT2D eigenvalue weighted by atomic mass is 31.1. The molecule has 7 aromatic carbocycles. The smallest absolute Gasteiger partial charge is 0.0175 e. The third-order valence-corrected chi connectivity index (χ3v) is 13.8. The Hall–Kier alpha value is -5.12. The molecule has 0 bridgehead atoms. The monoisotopic (exact) mass is 790 g/mol. The van der Waals surface area contributed by atoms with Crippen molar-refractivity contribution in [3.8, 4) is 44.5 Å². The van der Waals surface area contributed by atoms with Gasteiger partial charge < -0.3 is 0 Å². The first kappa shape index (κ1) is 41.1. The molecular formula is C56H56P2. The molecule has 0 unspecified atom stereocenters. The van der Waals surface area contributed by atoms with Crippen LogP contribution in [0.2, 0.25) is 0 Å². The van der Waals surface area contributed by atoms with Crippen molar-refractivity contribution >= 4 is 38.6 Å². The first-order valence-corrected chi connectivity index (χ1v) is 22.4. The summed E-state index contributed by atoms with van der Waals surface area (Å²) in [6.07, 6.45) is 0. The molecule has 0 aliphatic carbocycles. The van der Waals surface area contributed by atoms with Gasteiger partial charge in [0.15, 0.2) is 0 Å². The van der Waals surface area contributed by atoms with E-state index in [1.54, 1.807) is 0 Å². The van der Waals surface area contributed by atoms with Gasteiger partial charge in [-0.25, -0.2) is 0 Å². The van der Waals surface area contributed by atoms with Gasteiger partial charge in [0.05, 0.1) is 0 Å². The second-order valence-electron chi connectivity index (χ2n) is 16.7. The van der Waals surface area contributed by atoms with Crippen molar-refractivity contribution in [1.82, 2.24) is 0 Å². The Balaban J connectivity index is 1.31. The lowest BCUT2D eigenvalue weighted by Gasteiger charge is -2.19. The van der Waals surface area contributed by atoms with E-state index in [-0.39, 0.29) is 0 Å². The second-order valence-corrected chi connectivity index (χ2v) is 18.6. The van der Waals surface area contributed by atoms with Crippen molar-refractivity contribution in [2.75, 3.05) is 0 Å². The van der Waals surface area contributed by atoms with Crippen LogP contribution in [0.15, 0.2) is 109 Å². The molecule has 58 heavy (non-hydrogen) atoms. The zero-order valence-electron chi connectivity index (χ0n) is 36.4. The van der Waals surface area contributed by atoms with Crippen LogP contribution in [0.3, 0.4) is 0 Å². The molecule has 0 atom stereocenters. The van der Waals surface area contributed by atoms with E-state index in [4.69, 9.17) is 0 Å². The topological polar surface area (TPSA) is 0 Å². The van der Waals surface area contributed by atoms with Gasteiger partial charge in [-0.15, -0.1) is 0 Å². The third-order valence-electron chi connectivity index (χ3n) is 11.5. The fourth-order valence-electron chi connectivity index (χ4n) is 9.54. The Labute approximate surface area is 351 Å². The molecule has 0 amide bonds. The molecule has 0 saturated carbocycles. The van der Waals surface area contributed by atoms with Gasteiger partial charge in [0.1, 0.15) is 0 Å². The fourth-order valence-corrected chi connectivity index (χ4v) is 11.7. The van der Waals surface area contributed by atoms with Gasteiger partial charge in [-0.3, -0.25) is 0 Å².